The van der Waals surface area contributed by atoms with Crippen LogP contribution in [0.15, 0.2) is 30.3 Å². The lowest BCUT2D eigenvalue weighted by molar-refractivity contribution is 0.0507. The quantitative estimate of drug-likeness (QED) is 0.518. The van der Waals surface area contributed by atoms with Crippen LogP contribution in [-0.4, -0.2) is 45.9 Å². The highest BCUT2D eigenvalue weighted by Gasteiger charge is 2.38. The molecule has 36 heavy (non-hydrogen) atoms. The molecule has 1 saturated heterocycles. The van der Waals surface area contributed by atoms with E-state index in [1.807, 2.05) is 30.3 Å². The van der Waals surface area contributed by atoms with Crippen LogP contribution in [0.2, 0.25) is 0 Å². The van der Waals surface area contributed by atoms with Gasteiger partial charge in [-0.05, 0) is 45.2 Å². The number of nitrogens with one attached hydrogen (secondary N) is 1. The number of ether oxygens (including phenoxy) is 1. The zero-order chi connectivity index (χ0) is 26.3. The van der Waals surface area contributed by atoms with E-state index in [2.05, 4.69) is 33.3 Å². The highest BCUT2D eigenvalue weighted by atomic mass is 19.3. The van der Waals surface area contributed by atoms with Crippen LogP contribution in [0.4, 0.5) is 19.4 Å². The Morgan fingerprint density at radius 2 is 2.00 bits per heavy atom. The van der Waals surface area contributed by atoms with E-state index in [1.54, 1.807) is 27.7 Å². The van der Waals surface area contributed by atoms with Crippen LogP contribution in [0, 0.1) is 23.7 Å². The summed E-state index contributed by atoms with van der Waals surface area (Å²) >= 11 is 0. The van der Waals surface area contributed by atoms with Crippen LogP contribution < -0.4 is 10.2 Å². The number of nitrogens with zero attached hydrogens (tertiary/aromatic N) is 5. The molecule has 1 amide bonds. The summed E-state index contributed by atoms with van der Waals surface area (Å²) < 4.78 is 34.0. The molecular formula is C26H30F2N6O2. The van der Waals surface area contributed by atoms with E-state index in [0.29, 0.717) is 31.0 Å². The monoisotopic (exact) mass is 496 g/mol. The predicted octanol–water partition coefficient (Wildman–Crippen LogP) is 5.26. The standard InChI is InChI=1S/C26H30F2N6O2/c1-16-18(13-29)22-31-21(20(27)28)32-34(22)23(19(16)17-9-7-6-8-10-17)33-12-11-26(5,15-33)14-30-24(35)36-25(2,3)4/h6-10,20H,11-12,14-15H2,1-5H3,(H,30,35)/t26-/m0/s1. The fourth-order valence-corrected chi connectivity index (χ4v) is 4.62. The third-order valence-corrected chi connectivity index (χ3v) is 6.31. The molecule has 0 saturated carbocycles. The summed E-state index contributed by atoms with van der Waals surface area (Å²) in [6.07, 6.45) is -2.61. The molecule has 8 nitrogen and oxygen atoms in total. The SMILES string of the molecule is Cc1c(-c2ccccc2)c(N2CC[C@@](C)(CNC(=O)OC(C)(C)C)C2)n2nc(C(F)F)nc2c1C#N. The number of amides is 1. The summed E-state index contributed by atoms with van der Waals surface area (Å²) in [4.78, 5) is 18.3. The maximum absolute atomic E-state index is 13.6. The molecular weight excluding hydrogens is 466 g/mol. The number of nitriles is 1. The van der Waals surface area contributed by atoms with Gasteiger partial charge in [0.15, 0.2) is 5.65 Å². The molecule has 0 aliphatic carbocycles. The molecule has 1 aliphatic rings. The lowest BCUT2D eigenvalue weighted by atomic mass is 9.90. The summed E-state index contributed by atoms with van der Waals surface area (Å²) in [5.41, 5.74) is 1.67. The first-order valence-corrected chi connectivity index (χ1v) is 11.8. The van der Waals surface area contributed by atoms with Gasteiger partial charge in [0, 0.05) is 30.6 Å². The molecule has 0 unspecified atom stereocenters. The number of carbonyl (C=O) groups excluding carboxylic acids is 1. The fraction of sp³-hybridized carbons (Fsp3) is 0.462. The van der Waals surface area contributed by atoms with E-state index in [-0.39, 0.29) is 16.6 Å². The summed E-state index contributed by atoms with van der Waals surface area (Å²) in [5.74, 6) is -0.0148. The van der Waals surface area contributed by atoms with Gasteiger partial charge in [0.1, 0.15) is 23.1 Å². The molecule has 1 aromatic carbocycles. The Bertz CT molecular complexity index is 1330. The van der Waals surface area contributed by atoms with E-state index in [9.17, 15) is 18.8 Å². The molecule has 0 radical (unpaired) electrons. The maximum atomic E-state index is 13.6. The van der Waals surface area contributed by atoms with E-state index in [4.69, 9.17) is 4.74 Å². The molecule has 3 aromatic rings. The van der Waals surface area contributed by atoms with Crippen LogP contribution in [0.5, 0.6) is 0 Å². The lowest BCUT2D eigenvalue weighted by Crippen LogP contribution is -2.40. The average Bonchev–Trinajstić information content (AvgIpc) is 3.41. The van der Waals surface area contributed by atoms with Gasteiger partial charge >= 0.3 is 6.09 Å². The van der Waals surface area contributed by atoms with Gasteiger partial charge in [0.2, 0.25) is 5.82 Å². The summed E-state index contributed by atoms with van der Waals surface area (Å²) in [5, 5.41) is 16.9. The number of aromatic nitrogens is 3. The van der Waals surface area contributed by atoms with Gasteiger partial charge in [-0.3, -0.25) is 0 Å². The van der Waals surface area contributed by atoms with Crippen molar-refractivity contribution in [1.82, 2.24) is 19.9 Å². The second-order valence-corrected chi connectivity index (χ2v) is 10.5. The topological polar surface area (TPSA) is 95.6 Å². The number of benzene rings is 1. The number of fused-ring (bicyclic) bond motifs is 1. The van der Waals surface area contributed by atoms with E-state index in [0.717, 1.165) is 17.5 Å². The van der Waals surface area contributed by atoms with E-state index in [1.165, 1.54) is 4.52 Å². The smallest absolute Gasteiger partial charge is 0.407 e. The number of hydrogen-bond acceptors (Lipinski definition) is 6. The van der Waals surface area contributed by atoms with Gasteiger partial charge in [-0.15, -0.1) is 5.10 Å². The Hall–Kier alpha value is -3.74. The van der Waals surface area contributed by atoms with Crippen molar-refractivity contribution in [2.24, 2.45) is 5.41 Å². The van der Waals surface area contributed by atoms with Crippen molar-refractivity contribution in [2.45, 2.75) is 53.1 Å². The molecule has 1 N–H and O–H groups in total. The predicted molar refractivity (Wildman–Crippen MR) is 132 cm³/mol. The van der Waals surface area contributed by atoms with Crippen LogP contribution >= 0.6 is 0 Å². The lowest BCUT2D eigenvalue weighted by Gasteiger charge is -2.28. The Balaban J connectivity index is 1.78. The first-order chi connectivity index (χ1) is 16.9. The van der Waals surface area contributed by atoms with Crippen LogP contribution in [-0.2, 0) is 4.74 Å². The van der Waals surface area contributed by atoms with Crippen LogP contribution in [0.1, 0.15) is 57.5 Å². The van der Waals surface area contributed by atoms with Crippen molar-refractivity contribution in [2.75, 3.05) is 24.5 Å². The Morgan fingerprint density at radius 3 is 2.61 bits per heavy atom. The highest BCUT2D eigenvalue weighted by Crippen LogP contribution is 2.41. The summed E-state index contributed by atoms with van der Waals surface area (Å²) in [7, 11) is 0. The molecule has 2 aromatic heterocycles. The number of anilines is 1. The Morgan fingerprint density at radius 1 is 1.31 bits per heavy atom. The Labute approximate surface area is 208 Å². The second-order valence-electron chi connectivity index (χ2n) is 10.5. The van der Waals surface area contributed by atoms with Gasteiger partial charge in [-0.25, -0.2) is 18.6 Å². The first kappa shape index (κ1) is 25.4. The fourth-order valence-electron chi connectivity index (χ4n) is 4.62. The highest BCUT2D eigenvalue weighted by molar-refractivity contribution is 5.85. The van der Waals surface area contributed by atoms with Gasteiger partial charge < -0.3 is 15.0 Å². The van der Waals surface area contributed by atoms with Gasteiger partial charge in [0.25, 0.3) is 6.43 Å². The third kappa shape index (κ3) is 4.96. The van der Waals surface area contributed by atoms with Crippen molar-refractivity contribution < 1.29 is 18.3 Å². The summed E-state index contributed by atoms with van der Waals surface area (Å²) in [6, 6.07) is 11.6. The molecule has 0 bridgehead atoms. The number of alkyl halides is 2. The molecule has 4 rings (SSSR count). The second kappa shape index (κ2) is 9.37. The molecule has 10 heteroatoms. The van der Waals surface area contributed by atoms with Gasteiger partial charge in [-0.1, -0.05) is 37.3 Å². The zero-order valence-corrected chi connectivity index (χ0v) is 21.1. The van der Waals surface area contributed by atoms with Crippen molar-refractivity contribution in [3.05, 3.63) is 47.3 Å². The molecule has 190 valence electrons. The number of rotatable bonds is 5. The van der Waals surface area contributed by atoms with Crippen molar-refractivity contribution >= 4 is 17.6 Å². The number of carbonyl (C=O) groups is 1. The number of halogens is 2. The third-order valence-electron chi connectivity index (χ3n) is 6.31. The van der Waals surface area contributed by atoms with Crippen molar-refractivity contribution in [3.63, 3.8) is 0 Å². The van der Waals surface area contributed by atoms with Gasteiger partial charge in [-0.2, -0.15) is 9.78 Å². The molecule has 1 fully saturated rings. The minimum atomic E-state index is -2.87. The molecule has 1 aliphatic heterocycles. The number of hydrogen-bond donors (Lipinski definition) is 1. The molecule has 3 heterocycles. The zero-order valence-electron chi connectivity index (χ0n) is 21.1. The summed E-state index contributed by atoms with van der Waals surface area (Å²) in [6.45, 7) is 10.8. The minimum Gasteiger partial charge on any atom is -0.444 e. The van der Waals surface area contributed by atoms with Crippen LogP contribution in [0.25, 0.3) is 16.8 Å². The number of pyridine rings is 1. The van der Waals surface area contributed by atoms with Crippen molar-refractivity contribution in [1.29, 1.82) is 5.26 Å². The van der Waals surface area contributed by atoms with E-state index >= 15 is 0 Å². The first-order valence-electron chi connectivity index (χ1n) is 11.8. The van der Waals surface area contributed by atoms with E-state index < -0.39 is 23.9 Å². The number of alkyl carbamates (subject to hydrolysis) is 1. The van der Waals surface area contributed by atoms with Crippen molar-refractivity contribution in [3.8, 4) is 17.2 Å². The maximum Gasteiger partial charge on any atom is 0.407 e. The Kier molecular flexibility index (Phi) is 6.60. The minimum absolute atomic E-state index is 0.112. The van der Waals surface area contributed by atoms with Crippen LogP contribution in [0.3, 0.4) is 0 Å². The van der Waals surface area contributed by atoms with Gasteiger partial charge in [0.05, 0.1) is 0 Å². The molecule has 0 spiro atoms. The average molecular weight is 497 g/mol. The largest absolute Gasteiger partial charge is 0.444 e. The normalized spacial score (nSPS) is 18.0. The molecule has 1 atom stereocenters.